The van der Waals surface area contributed by atoms with Gasteiger partial charge in [-0.3, -0.25) is 0 Å². The van der Waals surface area contributed by atoms with Crippen molar-refractivity contribution >= 4 is 10.0 Å². The molecule has 0 saturated carbocycles. The molecule has 2 rings (SSSR count). The van der Waals surface area contributed by atoms with Gasteiger partial charge in [-0.2, -0.15) is 4.31 Å². The summed E-state index contributed by atoms with van der Waals surface area (Å²) in [6.07, 6.45) is 0. The van der Waals surface area contributed by atoms with Crippen LogP contribution in [0.1, 0.15) is 18.1 Å². The summed E-state index contributed by atoms with van der Waals surface area (Å²) in [7, 11) is -3.45. The largest absolute Gasteiger partial charge is 0.387 e. The van der Waals surface area contributed by atoms with Gasteiger partial charge in [0.05, 0.1) is 10.5 Å². The molecular weight excluding hydrogens is 238 g/mol. The summed E-state index contributed by atoms with van der Waals surface area (Å²) < 4.78 is 25.8. The molecule has 1 heterocycles. The molecule has 0 spiro atoms. The van der Waals surface area contributed by atoms with Crippen LogP contribution < -0.4 is 0 Å². The van der Waals surface area contributed by atoms with Gasteiger partial charge in [0, 0.05) is 13.1 Å². The summed E-state index contributed by atoms with van der Waals surface area (Å²) in [6.45, 7) is 5.70. The molecule has 1 aromatic rings. The summed E-state index contributed by atoms with van der Waals surface area (Å²) in [5, 5.41) is 9.60. The van der Waals surface area contributed by atoms with E-state index in [1.54, 1.807) is 26.0 Å². The maximum Gasteiger partial charge on any atom is 0.243 e. The molecule has 1 fully saturated rings. The van der Waals surface area contributed by atoms with E-state index in [1.807, 2.05) is 13.0 Å². The molecular formula is C12H17NO3S. The van der Waals surface area contributed by atoms with Crippen molar-refractivity contribution in [2.24, 2.45) is 0 Å². The van der Waals surface area contributed by atoms with E-state index in [-0.39, 0.29) is 13.1 Å². The van der Waals surface area contributed by atoms with Crippen LogP contribution in [0.25, 0.3) is 0 Å². The summed E-state index contributed by atoms with van der Waals surface area (Å²) in [6, 6.07) is 5.27. The van der Waals surface area contributed by atoms with E-state index in [0.717, 1.165) is 11.1 Å². The first-order valence-corrected chi connectivity index (χ1v) is 6.96. The zero-order valence-corrected chi connectivity index (χ0v) is 11.1. The highest BCUT2D eigenvalue weighted by molar-refractivity contribution is 7.89. The van der Waals surface area contributed by atoms with E-state index < -0.39 is 15.6 Å². The second-order valence-corrected chi connectivity index (χ2v) is 6.95. The van der Waals surface area contributed by atoms with Crippen molar-refractivity contribution in [3.63, 3.8) is 0 Å². The Morgan fingerprint density at radius 3 is 2.35 bits per heavy atom. The van der Waals surface area contributed by atoms with Crippen LogP contribution in [0, 0.1) is 13.8 Å². The average Bonchev–Trinajstić information content (AvgIpc) is 2.13. The van der Waals surface area contributed by atoms with E-state index in [1.165, 1.54) is 4.31 Å². The van der Waals surface area contributed by atoms with Gasteiger partial charge in [-0.15, -0.1) is 0 Å². The molecule has 1 aliphatic rings. The molecule has 0 aliphatic carbocycles. The van der Waals surface area contributed by atoms with Crippen molar-refractivity contribution in [1.29, 1.82) is 0 Å². The quantitative estimate of drug-likeness (QED) is 0.859. The maximum absolute atomic E-state index is 12.2. The van der Waals surface area contributed by atoms with Crippen LogP contribution in [-0.4, -0.2) is 36.5 Å². The van der Waals surface area contributed by atoms with Crippen LogP contribution in [0.15, 0.2) is 23.1 Å². The molecule has 5 heteroatoms. The predicted molar refractivity (Wildman–Crippen MR) is 65.3 cm³/mol. The van der Waals surface area contributed by atoms with Crippen LogP contribution in [-0.2, 0) is 10.0 Å². The van der Waals surface area contributed by atoms with Crippen LogP contribution in [0.2, 0.25) is 0 Å². The number of hydrogen-bond donors (Lipinski definition) is 1. The summed E-state index contributed by atoms with van der Waals surface area (Å²) in [4.78, 5) is 0.332. The van der Waals surface area contributed by atoms with E-state index in [9.17, 15) is 13.5 Å². The number of sulfonamides is 1. The fourth-order valence-electron chi connectivity index (χ4n) is 2.11. The van der Waals surface area contributed by atoms with Gasteiger partial charge in [-0.05, 0) is 32.4 Å². The number of nitrogens with zero attached hydrogens (tertiary/aromatic N) is 1. The molecule has 0 aromatic heterocycles. The molecule has 4 nitrogen and oxygen atoms in total. The fraction of sp³-hybridized carbons (Fsp3) is 0.500. The lowest BCUT2D eigenvalue weighted by atomic mass is 10.0. The van der Waals surface area contributed by atoms with Crippen molar-refractivity contribution in [1.82, 2.24) is 4.31 Å². The van der Waals surface area contributed by atoms with Crippen molar-refractivity contribution in [3.05, 3.63) is 29.3 Å². The highest BCUT2D eigenvalue weighted by Gasteiger charge is 2.44. The number of rotatable bonds is 2. The molecule has 1 saturated heterocycles. The third-order valence-electron chi connectivity index (χ3n) is 2.98. The molecule has 1 N–H and O–H groups in total. The summed E-state index contributed by atoms with van der Waals surface area (Å²) in [5.74, 6) is 0. The Bertz CT molecular complexity index is 541. The Hall–Kier alpha value is -0.910. The monoisotopic (exact) mass is 255 g/mol. The van der Waals surface area contributed by atoms with Crippen LogP contribution >= 0.6 is 0 Å². The van der Waals surface area contributed by atoms with Gasteiger partial charge in [0.25, 0.3) is 0 Å². The standard InChI is InChI=1S/C12H17NO3S/c1-9-4-5-11(10(2)6-9)17(15,16)13-7-12(3,14)8-13/h4-6,14H,7-8H2,1-3H3. The number of hydrogen-bond acceptors (Lipinski definition) is 3. The molecule has 1 aromatic carbocycles. The summed E-state index contributed by atoms with van der Waals surface area (Å²) in [5.41, 5.74) is 0.902. The predicted octanol–water partition coefficient (Wildman–Crippen LogP) is 1.06. The molecule has 0 unspecified atom stereocenters. The number of aliphatic hydroxyl groups is 1. The van der Waals surface area contributed by atoms with E-state index in [2.05, 4.69) is 0 Å². The number of benzene rings is 1. The molecule has 0 atom stereocenters. The van der Waals surface area contributed by atoms with E-state index in [4.69, 9.17) is 0 Å². The molecule has 94 valence electrons. The minimum absolute atomic E-state index is 0.169. The van der Waals surface area contributed by atoms with Crippen molar-refractivity contribution in [2.45, 2.75) is 31.3 Å². The highest BCUT2D eigenvalue weighted by atomic mass is 32.2. The second kappa shape index (κ2) is 3.80. The number of aryl methyl sites for hydroxylation is 2. The van der Waals surface area contributed by atoms with Crippen LogP contribution in [0.4, 0.5) is 0 Å². The second-order valence-electron chi connectivity index (χ2n) is 5.04. The molecule has 0 bridgehead atoms. The first-order chi connectivity index (χ1) is 7.72. The average molecular weight is 255 g/mol. The Labute approximate surface area is 102 Å². The van der Waals surface area contributed by atoms with Gasteiger partial charge in [-0.1, -0.05) is 17.7 Å². The fourth-order valence-corrected chi connectivity index (χ4v) is 3.99. The SMILES string of the molecule is Cc1ccc(S(=O)(=O)N2CC(C)(O)C2)c(C)c1. The first kappa shape index (κ1) is 12.5. The Kier molecular flexibility index (Phi) is 2.80. The van der Waals surface area contributed by atoms with E-state index >= 15 is 0 Å². The van der Waals surface area contributed by atoms with Gasteiger partial charge in [0.1, 0.15) is 0 Å². The topological polar surface area (TPSA) is 57.6 Å². The third-order valence-corrected chi connectivity index (χ3v) is 4.93. The Morgan fingerprint density at radius 2 is 1.88 bits per heavy atom. The van der Waals surface area contributed by atoms with Crippen LogP contribution in [0.5, 0.6) is 0 Å². The van der Waals surface area contributed by atoms with Crippen molar-refractivity contribution in [3.8, 4) is 0 Å². The minimum Gasteiger partial charge on any atom is -0.387 e. The zero-order chi connectivity index (χ0) is 12.8. The molecule has 0 amide bonds. The van der Waals surface area contributed by atoms with Gasteiger partial charge in [-0.25, -0.2) is 8.42 Å². The van der Waals surface area contributed by atoms with Gasteiger partial charge in [0.15, 0.2) is 0 Å². The molecule has 17 heavy (non-hydrogen) atoms. The molecule has 1 aliphatic heterocycles. The van der Waals surface area contributed by atoms with Crippen LogP contribution in [0.3, 0.4) is 0 Å². The maximum atomic E-state index is 12.2. The lowest BCUT2D eigenvalue weighted by Gasteiger charge is -2.43. The Balaban J connectivity index is 2.34. The van der Waals surface area contributed by atoms with Gasteiger partial charge in [0.2, 0.25) is 10.0 Å². The normalized spacial score (nSPS) is 20.0. The lowest BCUT2D eigenvalue weighted by molar-refractivity contribution is -0.0426. The first-order valence-electron chi connectivity index (χ1n) is 5.52. The van der Waals surface area contributed by atoms with Crippen molar-refractivity contribution < 1.29 is 13.5 Å². The summed E-state index contributed by atoms with van der Waals surface area (Å²) >= 11 is 0. The minimum atomic E-state index is -3.45. The third kappa shape index (κ3) is 2.22. The smallest absolute Gasteiger partial charge is 0.243 e. The molecule has 0 radical (unpaired) electrons. The zero-order valence-electron chi connectivity index (χ0n) is 10.3. The van der Waals surface area contributed by atoms with Gasteiger partial charge >= 0.3 is 0 Å². The Morgan fingerprint density at radius 1 is 1.29 bits per heavy atom. The van der Waals surface area contributed by atoms with E-state index in [0.29, 0.717) is 4.90 Å². The number of β-amino-alcohol motifs (C(OH)–C–C–N with tert-alkyl or cyclic N) is 1. The van der Waals surface area contributed by atoms with Crippen molar-refractivity contribution in [2.75, 3.05) is 13.1 Å². The van der Waals surface area contributed by atoms with Gasteiger partial charge < -0.3 is 5.11 Å². The lowest BCUT2D eigenvalue weighted by Crippen LogP contribution is -2.61. The highest BCUT2D eigenvalue weighted by Crippen LogP contribution is 2.29.